The number of aromatic nitrogens is 1. The van der Waals surface area contributed by atoms with Gasteiger partial charge in [0.05, 0.1) is 6.61 Å². The van der Waals surface area contributed by atoms with E-state index in [4.69, 9.17) is 4.74 Å². The second-order valence-corrected chi connectivity index (χ2v) is 8.69. The molecule has 1 aliphatic heterocycles. The smallest absolute Gasteiger partial charge is 0.304 e. The summed E-state index contributed by atoms with van der Waals surface area (Å²) >= 11 is 1.32. The Kier molecular flexibility index (Phi) is 5.71. The first-order valence-corrected chi connectivity index (χ1v) is 10.6. The third-order valence-electron chi connectivity index (χ3n) is 4.09. The van der Waals surface area contributed by atoms with Crippen molar-refractivity contribution in [2.45, 2.75) is 20.3 Å². The number of amides is 1. The highest BCUT2D eigenvalue weighted by molar-refractivity contribution is 7.87. The van der Waals surface area contributed by atoms with Crippen LogP contribution in [0.25, 0.3) is 10.6 Å². The normalized spacial score (nSPS) is 16.2. The van der Waals surface area contributed by atoms with Gasteiger partial charge in [0.15, 0.2) is 0 Å². The lowest BCUT2D eigenvalue weighted by Crippen LogP contribution is -2.44. The van der Waals surface area contributed by atoms with Crippen LogP contribution < -0.4 is 4.72 Å². The molecule has 0 unspecified atom stereocenters. The summed E-state index contributed by atoms with van der Waals surface area (Å²) in [5, 5.41) is 2.26. The molecule has 3 rings (SSSR count). The van der Waals surface area contributed by atoms with Crippen molar-refractivity contribution in [3.63, 3.8) is 0 Å². The maximum Gasteiger partial charge on any atom is 0.304 e. The van der Waals surface area contributed by atoms with Gasteiger partial charge in [0, 0.05) is 30.6 Å². The average molecular weight is 396 g/mol. The number of thiazole rings is 1. The second-order valence-electron chi connectivity index (χ2n) is 6.16. The van der Waals surface area contributed by atoms with E-state index in [1.54, 1.807) is 5.38 Å². The minimum Gasteiger partial charge on any atom is -0.380 e. The third kappa shape index (κ3) is 4.29. The number of hydrogen-bond donors (Lipinski definition) is 1. The molecule has 1 fully saturated rings. The quantitative estimate of drug-likeness (QED) is 0.857. The van der Waals surface area contributed by atoms with Crippen LogP contribution in [0.1, 0.15) is 28.0 Å². The third-order valence-corrected chi connectivity index (χ3v) is 6.46. The van der Waals surface area contributed by atoms with E-state index in [1.807, 2.05) is 32.0 Å². The van der Waals surface area contributed by atoms with E-state index in [1.165, 1.54) is 15.6 Å². The molecule has 2 heterocycles. The molecule has 26 heavy (non-hydrogen) atoms. The Balaban J connectivity index is 1.75. The summed E-state index contributed by atoms with van der Waals surface area (Å²) in [6.45, 7) is 5.39. The molecule has 1 N–H and O–H groups in total. The number of rotatable bonds is 4. The lowest BCUT2D eigenvalue weighted by atomic mass is 10.1. The number of nitrogens with one attached hydrogen (secondary N) is 1. The Bertz CT molecular complexity index is 900. The predicted molar refractivity (Wildman–Crippen MR) is 100 cm³/mol. The maximum absolute atomic E-state index is 12.4. The van der Waals surface area contributed by atoms with E-state index >= 15 is 0 Å². The molecule has 7 nitrogen and oxygen atoms in total. The molecular weight excluding hydrogens is 374 g/mol. The summed E-state index contributed by atoms with van der Waals surface area (Å²) in [4.78, 5) is 16.7. The first-order valence-electron chi connectivity index (χ1n) is 8.30. The van der Waals surface area contributed by atoms with Gasteiger partial charge >= 0.3 is 10.2 Å². The standard InChI is InChI=1S/C17H21N3O4S2/c1-12-4-5-14(13(2)10-12)17-18-15(11-25-17)16(21)19-26(22,23)20-6-3-8-24-9-7-20/h4-5,10-11H,3,6-9H2,1-2H3,(H,19,21). The molecule has 1 aromatic heterocycles. The molecular formula is C17H21N3O4S2. The number of aryl methyl sites for hydroxylation is 2. The van der Waals surface area contributed by atoms with Gasteiger partial charge in [-0.15, -0.1) is 11.3 Å². The van der Waals surface area contributed by atoms with Gasteiger partial charge in [-0.2, -0.15) is 12.7 Å². The number of carbonyl (C=O) groups is 1. The number of benzene rings is 1. The van der Waals surface area contributed by atoms with Crippen LogP contribution in [0.2, 0.25) is 0 Å². The van der Waals surface area contributed by atoms with E-state index in [-0.39, 0.29) is 12.2 Å². The van der Waals surface area contributed by atoms with Crippen molar-refractivity contribution >= 4 is 27.5 Å². The van der Waals surface area contributed by atoms with Crippen molar-refractivity contribution in [1.29, 1.82) is 0 Å². The summed E-state index contributed by atoms with van der Waals surface area (Å²) < 4.78 is 33.4. The molecule has 9 heteroatoms. The summed E-state index contributed by atoms with van der Waals surface area (Å²) in [5.74, 6) is -0.720. The minimum absolute atomic E-state index is 0.0969. The lowest BCUT2D eigenvalue weighted by molar-refractivity contribution is 0.0974. The highest BCUT2D eigenvalue weighted by Crippen LogP contribution is 2.27. The number of carbonyl (C=O) groups excluding carboxylic acids is 1. The molecule has 1 amide bonds. The van der Waals surface area contributed by atoms with Crippen molar-refractivity contribution in [2.75, 3.05) is 26.3 Å². The van der Waals surface area contributed by atoms with Crippen molar-refractivity contribution < 1.29 is 17.9 Å². The summed E-state index contributed by atoms with van der Waals surface area (Å²) in [7, 11) is -3.90. The molecule has 2 aromatic rings. The van der Waals surface area contributed by atoms with E-state index in [0.717, 1.165) is 16.7 Å². The van der Waals surface area contributed by atoms with Crippen LogP contribution >= 0.6 is 11.3 Å². The highest BCUT2D eigenvalue weighted by Gasteiger charge is 2.26. The fraction of sp³-hybridized carbons (Fsp3) is 0.412. The molecule has 1 aliphatic rings. The van der Waals surface area contributed by atoms with Gasteiger partial charge in [-0.25, -0.2) is 9.71 Å². The van der Waals surface area contributed by atoms with Crippen LogP contribution in [0.15, 0.2) is 23.6 Å². The average Bonchev–Trinajstić information content (AvgIpc) is 2.88. The molecule has 1 saturated heterocycles. The van der Waals surface area contributed by atoms with Crippen molar-refractivity contribution in [3.05, 3.63) is 40.4 Å². The van der Waals surface area contributed by atoms with Crippen LogP contribution in [-0.2, 0) is 14.9 Å². The second kappa shape index (κ2) is 7.83. The highest BCUT2D eigenvalue weighted by atomic mass is 32.2. The van der Waals surface area contributed by atoms with Gasteiger partial charge in [0.2, 0.25) is 0 Å². The molecule has 0 atom stereocenters. The van der Waals surface area contributed by atoms with Crippen molar-refractivity contribution in [3.8, 4) is 10.6 Å². The largest absolute Gasteiger partial charge is 0.380 e. The van der Waals surface area contributed by atoms with Crippen molar-refractivity contribution in [1.82, 2.24) is 14.0 Å². The van der Waals surface area contributed by atoms with Gasteiger partial charge in [-0.1, -0.05) is 23.8 Å². The van der Waals surface area contributed by atoms with Crippen LogP contribution in [0, 0.1) is 13.8 Å². The lowest BCUT2D eigenvalue weighted by Gasteiger charge is -2.18. The van der Waals surface area contributed by atoms with Crippen LogP contribution in [0.4, 0.5) is 0 Å². The zero-order valence-corrected chi connectivity index (χ0v) is 16.3. The molecule has 0 aliphatic carbocycles. The molecule has 0 radical (unpaired) electrons. The van der Waals surface area contributed by atoms with Crippen LogP contribution in [0.5, 0.6) is 0 Å². The van der Waals surface area contributed by atoms with E-state index in [9.17, 15) is 13.2 Å². The SMILES string of the molecule is Cc1ccc(-c2nc(C(=O)NS(=O)(=O)N3CCCOCC3)cs2)c(C)c1. The maximum atomic E-state index is 12.4. The van der Waals surface area contributed by atoms with E-state index in [0.29, 0.717) is 31.2 Å². The van der Waals surface area contributed by atoms with Gasteiger partial charge in [0.1, 0.15) is 10.7 Å². The fourth-order valence-corrected chi connectivity index (χ4v) is 4.80. The Morgan fingerprint density at radius 3 is 2.85 bits per heavy atom. The topological polar surface area (TPSA) is 88.6 Å². The zero-order chi connectivity index (χ0) is 18.7. The molecule has 0 spiro atoms. The summed E-state index contributed by atoms with van der Waals surface area (Å²) in [5.41, 5.74) is 3.24. The Hall–Kier alpha value is -1.81. The molecule has 1 aromatic carbocycles. The monoisotopic (exact) mass is 395 g/mol. The minimum atomic E-state index is -3.90. The zero-order valence-electron chi connectivity index (χ0n) is 14.7. The van der Waals surface area contributed by atoms with Gasteiger partial charge in [-0.05, 0) is 25.8 Å². The van der Waals surface area contributed by atoms with Crippen molar-refractivity contribution in [2.24, 2.45) is 0 Å². The van der Waals surface area contributed by atoms with Gasteiger partial charge in [0.25, 0.3) is 5.91 Å². The van der Waals surface area contributed by atoms with Crippen LogP contribution in [0.3, 0.4) is 0 Å². The molecule has 0 bridgehead atoms. The van der Waals surface area contributed by atoms with Crippen LogP contribution in [-0.4, -0.2) is 49.9 Å². The van der Waals surface area contributed by atoms with E-state index in [2.05, 4.69) is 9.71 Å². The summed E-state index contributed by atoms with van der Waals surface area (Å²) in [6, 6.07) is 5.98. The first-order chi connectivity index (χ1) is 12.4. The Labute approximate surface area is 157 Å². The van der Waals surface area contributed by atoms with Gasteiger partial charge < -0.3 is 4.74 Å². The summed E-state index contributed by atoms with van der Waals surface area (Å²) in [6.07, 6.45) is 0.600. The van der Waals surface area contributed by atoms with Gasteiger partial charge in [-0.3, -0.25) is 4.79 Å². The number of ether oxygens (including phenoxy) is 1. The number of nitrogens with zero attached hydrogens (tertiary/aromatic N) is 2. The molecule has 0 saturated carbocycles. The Morgan fingerprint density at radius 2 is 2.08 bits per heavy atom. The fourth-order valence-electron chi connectivity index (χ4n) is 2.75. The van der Waals surface area contributed by atoms with E-state index < -0.39 is 16.1 Å². The number of hydrogen-bond acceptors (Lipinski definition) is 6. The predicted octanol–water partition coefficient (Wildman–Crippen LogP) is 2.12. The first kappa shape index (κ1) is 19.0. The molecule has 140 valence electrons. The Morgan fingerprint density at radius 1 is 1.27 bits per heavy atom.